The molecule has 0 bridgehead atoms. The molecule has 0 unspecified atom stereocenters. The Labute approximate surface area is 192 Å². The molecule has 1 amide bonds. The molecule has 2 aromatic carbocycles. The van der Waals surface area contributed by atoms with E-state index in [0.29, 0.717) is 10.2 Å². The second kappa shape index (κ2) is 9.57. The number of aromatic nitrogens is 1. The van der Waals surface area contributed by atoms with Crippen molar-refractivity contribution in [2.45, 2.75) is 4.90 Å². The van der Waals surface area contributed by atoms with Crippen LogP contribution in [0.25, 0.3) is 10.2 Å². The second-order valence-electron chi connectivity index (χ2n) is 6.42. The number of fused-ring (bicyclic) bond motifs is 1. The number of halogens is 1. The quantitative estimate of drug-likeness (QED) is 0.267. The number of sulfonamides is 1. The lowest BCUT2D eigenvalue weighted by Gasteiger charge is -2.18. The highest BCUT2D eigenvalue weighted by Crippen LogP contribution is 2.30. The monoisotopic (exact) mass is 492 g/mol. The Balaban J connectivity index is 1.91. The van der Waals surface area contributed by atoms with E-state index in [4.69, 9.17) is 11.6 Å². The van der Waals surface area contributed by atoms with Crippen molar-refractivity contribution in [2.75, 3.05) is 18.4 Å². The standard InChI is InChI=1S/C20H17ClN4O5S2/c1-3-9-24(10-4-2)32(29,30)14-6-8-17-18(12-14)31-20(22-17)23-19(26)15-11-13(25(27)28)5-7-16(15)21/h3-8,11-12H,1-2,9-10H2,(H,22,23,26). The molecule has 3 rings (SSSR count). The Kier molecular flexibility index (Phi) is 7.04. The van der Waals surface area contributed by atoms with Gasteiger partial charge in [-0.05, 0) is 24.3 Å². The van der Waals surface area contributed by atoms with Gasteiger partial charge < -0.3 is 0 Å². The van der Waals surface area contributed by atoms with Crippen LogP contribution in [0, 0.1) is 10.1 Å². The number of nitrogens with one attached hydrogen (secondary N) is 1. The third-order valence-electron chi connectivity index (χ3n) is 4.29. The number of carbonyl (C=O) groups excluding carboxylic acids is 1. The van der Waals surface area contributed by atoms with Crippen molar-refractivity contribution < 1.29 is 18.1 Å². The lowest BCUT2D eigenvalue weighted by Crippen LogP contribution is -2.31. The first-order valence-corrected chi connectivity index (χ1v) is 11.7. The molecular weight excluding hydrogens is 476 g/mol. The van der Waals surface area contributed by atoms with Gasteiger partial charge in [0.25, 0.3) is 11.6 Å². The van der Waals surface area contributed by atoms with Crippen LogP contribution in [0.2, 0.25) is 5.02 Å². The summed E-state index contributed by atoms with van der Waals surface area (Å²) in [7, 11) is -3.79. The smallest absolute Gasteiger partial charge is 0.270 e. The van der Waals surface area contributed by atoms with E-state index in [0.717, 1.165) is 17.4 Å². The van der Waals surface area contributed by atoms with E-state index in [-0.39, 0.29) is 39.4 Å². The van der Waals surface area contributed by atoms with E-state index in [1.165, 1.54) is 46.8 Å². The van der Waals surface area contributed by atoms with Gasteiger partial charge in [0.05, 0.1) is 30.6 Å². The number of benzene rings is 2. The number of nitro groups is 1. The summed E-state index contributed by atoms with van der Waals surface area (Å²) in [6.45, 7) is 7.41. The van der Waals surface area contributed by atoms with E-state index in [9.17, 15) is 23.3 Å². The molecule has 0 radical (unpaired) electrons. The predicted octanol–water partition coefficient (Wildman–Crippen LogP) is 4.47. The minimum absolute atomic E-state index is 0.0483. The van der Waals surface area contributed by atoms with Crippen molar-refractivity contribution in [3.8, 4) is 0 Å². The first kappa shape index (κ1) is 23.5. The third-order valence-corrected chi connectivity index (χ3v) is 7.38. The van der Waals surface area contributed by atoms with Crippen LogP contribution in [0.4, 0.5) is 10.8 Å². The Bertz CT molecular complexity index is 1330. The number of hydrogen-bond acceptors (Lipinski definition) is 7. The van der Waals surface area contributed by atoms with Crippen LogP contribution in [0.3, 0.4) is 0 Å². The van der Waals surface area contributed by atoms with Crippen LogP contribution in [0.5, 0.6) is 0 Å². The molecule has 12 heteroatoms. The average Bonchev–Trinajstić information content (AvgIpc) is 3.15. The van der Waals surface area contributed by atoms with Crippen LogP contribution in [0.15, 0.2) is 66.6 Å². The molecule has 0 saturated carbocycles. The van der Waals surface area contributed by atoms with E-state index in [1.807, 2.05) is 0 Å². The molecule has 9 nitrogen and oxygen atoms in total. The number of carbonyl (C=O) groups is 1. The van der Waals surface area contributed by atoms with Crippen LogP contribution in [-0.2, 0) is 10.0 Å². The van der Waals surface area contributed by atoms with Crippen LogP contribution in [0.1, 0.15) is 10.4 Å². The molecule has 0 atom stereocenters. The molecule has 0 spiro atoms. The van der Waals surface area contributed by atoms with Gasteiger partial charge in [0.15, 0.2) is 5.13 Å². The van der Waals surface area contributed by atoms with Gasteiger partial charge in [-0.3, -0.25) is 20.2 Å². The molecule has 166 valence electrons. The molecule has 0 saturated heterocycles. The zero-order valence-corrected chi connectivity index (χ0v) is 18.9. The van der Waals surface area contributed by atoms with E-state index in [2.05, 4.69) is 23.5 Å². The van der Waals surface area contributed by atoms with Gasteiger partial charge in [0.1, 0.15) is 0 Å². The molecule has 1 aromatic heterocycles. The van der Waals surface area contributed by atoms with Crippen LogP contribution in [-0.4, -0.2) is 41.6 Å². The molecular formula is C20H17ClN4O5S2. The summed E-state index contributed by atoms with van der Waals surface area (Å²) in [5.74, 6) is -0.672. The van der Waals surface area contributed by atoms with Crippen LogP contribution >= 0.6 is 22.9 Å². The fourth-order valence-electron chi connectivity index (χ4n) is 2.79. The average molecular weight is 493 g/mol. The zero-order valence-electron chi connectivity index (χ0n) is 16.5. The fourth-order valence-corrected chi connectivity index (χ4v) is 5.38. The number of nitro benzene ring substituents is 1. The number of nitrogens with zero attached hydrogens (tertiary/aromatic N) is 3. The number of thiazole rings is 1. The largest absolute Gasteiger partial charge is 0.298 e. The Morgan fingerprint density at radius 1 is 1.22 bits per heavy atom. The summed E-state index contributed by atoms with van der Waals surface area (Å²) < 4.78 is 27.6. The van der Waals surface area contributed by atoms with E-state index < -0.39 is 20.9 Å². The van der Waals surface area contributed by atoms with Crippen molar-refractivity contribution in [3.05, 3.63) is 82.4 Å². The number of anilines is 1. The summed E-state index contributed by atoms with van der Waals surface area (Å²) >= 11 is 7.07. The van der Waals surface area contributed by atoms with Gasteiger partial charge in [0.2, 0.25) is 10.0 Å². The molecule has 1 N–H and O–H groups in total. The summed E-state index contributed by atoms with van der Waals surface area (Å²) in [5.41, 5.74) is 0.128. The van der Waals surface area contributed by atoms with Gasteiger partial charge in [-0.2, -0.15) is 4.31 Å². The lowest BCUT2D eigenvalue weighted by molar-refractivity contribution is -0.384. The highest BCUT2D eigenvalue weighted by molar-refractivity contribution is 7.89. The fraction of sp³-hybridized carbons (Fsp3) is 0.100. The van der Waals surface area contributed by atoms with E-state index in [1.54, 1.807) is 0 Å². The summed E-state index contributed by atoms with van der Waals surface area (Å²) in [4.78, 5) is 27.2. The number of hydrogen-bond donors (Lipinski definition) is 1. The number of rotatable bonds is 9. The summed E-state index contributed by atoms with van der Waals surface area (Å²) in [6, 6.07) is 7.97. The zero-order chi connectivity index (χ0) is 23.5. The molecule has 0 fully saturated rings. The topological polar surface area (TPSA) is 123 Å². The SMILES string of the molecule is C=CCN(CC=C)S(=O)(=O)c1ccc2nc(NC(=O)c3cc([N+](=O)[O-])ccc3Cl)sc2c1. The van der Waals surface area contributed by atoms with Gasteiger partial charge in [-0.25, -0.2) is 13.4 Å². The van der Waals surface area contributed by atoms with E-state index >= 15 is 0 Å². The van der Waals surface area contributed by atoms with Crippen LogP contribution < -0.4 is 5.32 Å². The maximum absolute atomic E-state index is 12.9. The maximum Gasteiger partial charge on any atom is 0.270 e. The minimum Gasteiger partial charge on any atom is -0.298 e. The molecule has 3 aromatic rings. The van der Waals surface area contributed by atoms with Crippen molar-refractivity contribution in [2.24, 2.45) is 0 Å². The number of amides is 1. The highest BCUT2D eigenvalue weighted by atomic mass is 35.5. The summed E-state index contributed by atoms with van der Waals surface area (Å²) in [5, 5.41) is 13.8. The Hall–Kier alpha value is -3.12. The normalized spacial score (nSPS) is 11.4. The molecule has 32 heavy (non-hydrogen) atoms. The first-order valence-electron chi connectivity index (χ1n) is 9.05. The second-order valence-corrected chi connectivity index (χ2v) is 9.80. The van der Waals surface area contributed by atoms with Crippen molar-refractivity contribution in [3.63, 3.8) is 0 Å². The molecule has 0 aliphatic heterocycles. The minimum atomic E-state index is -3.79. The Morgan fingerprint density at radius 2 is 1.91 bits per heavy atom. The number of non-ortho nitro benzene ring substituents is 1. The van der Waals surface area contributed by atoms with Crippen molar-refractivity contribution >= 4 is 59.9 Å². The van der Waals surface area contributed by atoms with Gasteiger partial charge in [-0.15, -0.1) is 13.2 Å². The van der Waals surface area contributed by atoms with Gasteiger partial charge in [0, 0.05) is 25.2 Å². The Morgan fingerprint density at radius 3 is 2.53 bits per heavy atom. The maximum atomic E-state index is 12.9. The molecule has 0 aliphatic rings. The lowest BCUT2D eigenvalue weighted by atomic mass is 10.2. The first-order chi connectivity index (χ1) is 15.2. The predicted molar refractivity (Wildman–Crippen MR) is 125 cm³/mol. The van der Waals surface area contributed by atoms with Crippen molar-refractivity contribution in [1.82, 2.24) is 9.29 Å². The van der Waals surface area contributed by atoms with Gasteiger partial charge >= 0.3 is 0 Å². The highest BCUT2D eigenvalue weighted by Gasteiger charge is 2.23. The molecule has 0 aliphatic carbocycles. The van der Waals surface area contributed by atoms with Gasteiger partial charge in [-0.1, -0.05) is 35.1 Å². The molecule has 1 heterocycles. The third kappa shape index (κ3) is 4.86. The summed E-state index contributed by atoms with van der Waals surface area (Å²) in [6.07, 6.45) is 2.97. The van der Waals surface area contributed by atoms with Crippen molar-refractivity contribution in [1.29, 1.82) is 0 Å².